The Hall–Kier alpha value is -1.84. The van der Waals surface area contributed by atoms with Gasteiger partial charge in [-0.1, -0.05) is 96.1 Å². The van der Waals surface area contributed by atoms with E-state index in [0.29, 0.717) is 6.42 Å². The molecule has 0 aliphatic carbocycles. The molecule has 0 heterocycles. The Balaban J connectivity index is 1.94. The summed E-state index contributed by atoms with van der Waals surface area (Å²) in [5.41, 5.74) is 4.76. The van der Waals surface area contributed by atoms with Gasteiger partial charge in [0.2, 0.25) is 5.91 Å². The number of hydrogen-bond acceptors (Lipinski definition) is 3. The second kappa shape index (κ2) is 17.1. The standard InChI is InChI=1S/C25H43N3O/c1-4-5-6-7-8-9-10-11-12-13-14-15-16-17-25(29)27-26-22-23-18-20-24(21-19-23)28(2)3/h18-22H,4-17H2,1-3H3,(H,27,29). The molecule has 0 aliphatic heterocycles. The highest BCUT2D eigenvalue weighted by Gasteiger charge is 2.00. The van der Waals surface area contributed by atoms with E-state index < -0.39 is 0 Å². The van der Waals surface area contributed by atoms with Gasteiger partial charge in [-0.2, -0.15) is 5.10 Å². The van der Waals surface area contributed by atoms with Crippen LogP contribution >= 0.6 is 0 Å². The molecule has 164 valence electrons. The molecule has 0 fully saturated rings. The van der Waals surface area contributed by atoms with E-state index in [4.69, 9.17) is 0 Å². The Kier molecular flexibility index (Phi) is 14.8. The fraction of sp³-hybridized carbons (Fsp3) is 0.680. The Morgan fingerprint density at radius 3 is 1.79 bits per heavy atom. The SMILES string of the molecule is CCCCCCCCCCCCCCCC(=O)NN=Cc1ccc(N(C)C)cc1. The molecule has 0 saturated carbocycles. The highest BCUT2D eigenvalue weighted by molar-refractivity contribution is 5.82. The number of amides is 1. The number of hydrazone groups is 1. The van der Waals surface area contributed by atoms with Crippen LogP contribution in [-0.2, 0) is 4.79 Å². The number of benzene rings is 1. The van der Waals surface area contributed by atoms with Gasteiger partial charge >= 0.3 is 0 Å². The van der Waals surface area contributed by atoms with Gasteiger partial charge in [-0.15, -0.1) is 0 Å². The van der Waals surface area contributed by atoms with Crippen molar-refractivity contribution in [3.05, 3.63) is 29.8 Å². The molecule has 0 spiro atoms. The third-order valence-electron chi connectivity index (χ3n) is 5.32. The van der Waals surface area contributed by atoms with Crippen molar-refractivity contribution < 1.29 is 4.79 Å². The average molecular weight is 402 g/mol. The molecule has 1 amide bonds. The summed E-state index contributed by atoms with van der Waals surface area (Å²) in [5, 5.41) is 4.06. The van der Waals surface area contributed by atoms with Gasteiger partial charge in [-0.05, 0) is 24.1 Å². The highest BCUT2D eigenvalue weighted by atomic mass is 16.2. The zero-order valence-electron chi connectivity index (χ0n) is 19.1. The number of unbranched alkanes of at least 4 members (excludes halogenated alkanes) is 12. The lowest BCUT2D eigenvalue weighted by molar-refractivity contribution is -0.121. The van der Waals surface area contributed by atoms with Crippen LogP contribution < -0.4 is 10.3 Å². The van der Waals surface area contributed by atoms with Crippen LogP contribution in [0.2, 0.25) is 0 Å². The Morgan fingerprint density at radius 2 is 1.31 bits per heavy atom. The van der Waals surface area contributed by atoms with Crippen molar-refractivity contribution in [3.8, 4) is 0 Å². The zero-order valence-corrected chi connectivity index (χ0v) is 19.1. The third-order valence-corrected chi connectivity index (χ3v) is 5.32. The van der Waals surface area contributed by atoms with Gasteiger partial charge in [0.25, 0.3) is 0 Å². The van der Waals surface area contributed by atoms with E-state index in [-0.39, 0.29) is 5.91 Å². The van der Waals surface area contributed by atoms with Crippen LogP contribution in [0.4, 0.5) is 5.69 Å². The molecule has 0 aliphatic rings. The van der Waals surface area contributed by atoms with E-state index in [2.05, 4.69) is 22.4 Å². The Labute approximate surface area is 179 Å². The maximum absolute atomic E-state index is 11.8. The topological polar surface area (TPSA) is 44.7 Å². The Morgan fingerprint density at radius 1 is 0.828 bits per heavy atom. The van der Waals surface area contributed by atoms with Crippen molar-refractivity contribution in [1.29, 1.82) is 0 Å². The molecule has 0 radical (unpaired) electrons. The molecule has 1 aromatic rings. The molecule has 0 aromatic heterocycles. The molecule has 4 nitrogen and oxygen atoms in total. The van der Waals surface area contributed by atoms with Gasteiger partial charge in [0, 0.05) is 26.2 Å². The van der Waals surface area contributed by atoms with Crippen LogP contribution in [0.3, 0.4) is 0 Å². The monoisotopic (exact) mass is 401 g/mol. The van der Waals surface area contributed by atoms with Gasteiger partial charge in [0.15, 0.2) is 0 Å². The summed E-state index contributed by atoms with van der Waals surface area (Å²) in [6, 6.07) is 8.07. The third kappa shape index (κ3) is 13.9. The van der Waals surface area contributed by atoms with Crippen molar-refractivity contribution >= 4 is 17.8 Å². The minimum Gasteiger partial charge on any atom is -0.378 e. The summed E-state index contributed by atoms with van der Waals surface area (Å²) < 4.78 is 0. The number of anilines is 1. The van der Waals surface area contributed by atoms with Gasteiger partial charge in [-0.3, -0.25) is 4.79 Å². The molecule has 0 unspecified atom stereocenters. The summed E-state index contributed by atoms with van der Waals surface area (Å²) in [4.78, 5) is 13.9. The molecule has 0 atom stereocenters. The number of hydrogen-bond donors (Lipinski definition) is 1. The lowest BCUT2D eigenvalue weighted by Crippen LogP contribution is -2.16. The Bertz CT molecular complexity index is 552. The van der Waals surface area contributed by atoms with Crippen LogP contribution in [0.25, 0.3) is 0 Å². The molecule has 1 rings (SSSR count). The summed E-state index contributed by atoms with van der Waals surface area (Å²) in [5.74, 6) is 0.00855. The predicted molar refractivity (Wildman–Crippen MR) is 127 cm³/mol. The fourth-order valence-corrected chi connectivity index (χ4v) is 3.40. The molecule has 1 aromatic carbocycles. The molecule has 29 heavy (non-hydrogen) atoms. The molecule has 1 N–H and O–H groups in total. The summed E-state index contributed by atoms with van der Waals surface area (Å²) in [6.07, 6.45) is 19.4. The van der Waals surface area contributed by atoms with Crippen molar-refractivity contribution in [2.24, 2.45) is 5.10 Å². The lowest BCUT2D eigenvalue weighted by atomic mass is 10.0. The minimum absolute atomic E-state index is 0.00855. The zero-order chi connectivity index (χ0) is 21.2. The van der Waals surface area contributed by atoms with Gasteiger partial charge < -0.3 is 4.90 Å². The first kappa shape index (κ1) is 25.2. The van der Waals surface area contributed by atoms with Crippen molar-refractivity contribution in [2.45, 2.75) is 96.8 Å². The smallest absolute Gasteiger partial charge is 0.240 e. The van der Waals surface area contributed by atoms with Crippen LogP contribution in [0.15, 0.2) is 29.4 Å². The van der Waals surface area contributed by atoms with Crippen molar-refractivity contribution in [3.63, 3.8) is 0 Å². The second-order valence-corrected chi connectivity index (χ2v) is 8.27. The quantitative estimate of drug-likeness (QED) is 0.180. The van der Waals surface area contributed by atoms with E-state index in [1.165, 1.54) is 70.6 Å². The number of nitrogens with one attached hydrogen (secondary N) is 1. The minimum atomic E-state index is 0.00855. The van der Waals surface area contributed by atoms with E-state index in [1.807, 2.05) is 38.4 Å². The van der Waals surface area contributed by atoms with E-state index in [9.17, 15) is 4.79 Å². The first-order valence-corrected chi connectivity index (χ1v) is 11.7. The molecule has 0 saturated heterocycles. The van der Waals surface area contributed by atoms with Crippen LogP contribution in [0.1, 0.15) is 102 Å². The number of carbonyl (C=O) groups is 1. The fourth-order valence-electron chi connectivity index (χ4n) is 3.40. The maximum atomic E-state index is 11.8. The van der Waals surface area contributed by atoms with Gasteiger partial charge in [0.05, 0.1) is 6.21 Å². The molecule has 4 heteroatoms. The molecular formula is C25H43N3O. The normalized spacial score (nSPS) is 11.1. The van der Waals surface area contributed by atoms with Gasteiger partial charge in [-0.25, -0.2) is 5.43 Å². The van der Waals surface area contributed by atoms with Crippen molar-refractivity contribution in [1.82, 2.24) is 5.43 Å². The first-order chi connectivity index (χ1) is 14.1. The predicted octanol–water partition coefficient (Wildman–Crippen LogP) is 6.68. The summed E-state index contributed by atoms with van der Waals surface area (Å²) in [6.45, 7) is 2.27. The van der Waals surface area contributed by atoms with E-state index in [0.717, 1.165) is 24.1 Å². The first-order valence-electron chi connectivity index (χ1n) is 11.7. The van der Waals surface area contributed by atoms with Gasteiger partial charge in [0.1, 0.15) is 0 Å². The highest BCUT2D eigenvalue weighted by Crippen LogP contribution is 2.13. The number of nitrogens with zero attached hydrogens (tertiary/aromatic N) is 2. The van der Waals surface area contributed by atoms with Crippen LogP contribution in [0.5, 0.6) is 0 Å². The van der Waals surface area contributed by atoms with Crippen LogP contribution in [-0.4, -0.2) is 26.2 Å². The summed E-state index contributed by atoms with van der Waals surface area (Å²) >= 11 is 0. The van der Waals surface area contributed by atoms with Crippen molar-refractivity contribution in [2.75, 3.05) is 19.0 Å². The second-order valence-electron chi connectivity index (χ2n) is 8.27. The molecule has 0 bridgehead atoms. The average Bonchev–Trinajstić information content (AvgIpc) is 2.72. The molecular weight excluding hydrogens is 358 g/mol. The largest absolute Gasteiger partial charge is 0.378 e. The lowest BCUT2D eigenvalue weighted by Gasteiger charge is -2.11. The number of rotatable bonds is 17. The van der Waals surface area contributed by atoms with E-state index in [1.54, 1.807) is 6.21 Å². The summed E-state index contributed by atoms with van der Waals surface area (Å²) in [7, 11) is 4.03. The maximum Gasteiger partial charge on any atom is 0.240 e. The van der Waals surface area contributed by atoms with E-state index >= 15 is 0 Å². The number of carbonyl (C=O) groups excluding carboxylic acids is 1. The van der Waals surface area contributed by atoms with Crippen LogP contribution in [0, 0.1) is 0 Å².